The Kier molecular flexibility index (Phi) is 11.2. The van der Waals surface area contributed by atoms with E-state index in [0.29, 0.717) is 16.0 Å². The molecule has 0 aromatic heterocycles. The third kappa shape index (κ3) is 7.56. The Balaban J connectivity index is 2.36. The monoisotopic (exact) mass is 637 g/mol. The van der Waals surface area contributed by atoms with Gasteiger partial charge < -0.3 is 9.53 Å². The van der Waals surface area contributed by atoms with Gasteiger partial charge in [-0.15, -0.1) is 0 Å². The van der Waals surface area contributed by atoms with Crippen molar-refractivity contribution in [1.82, 2.24) is 4.72 Å². The first-order chi connectivity index (χ1) is 20.2. The fourth-order valence-electron chi connectivity index (χ4n) is 5.57. The first kappa shape index (κ1) is 36.2. The molecule has 2 atom stereocenters. The van der Waals surface area contributed by atoms with Crippen molar-refractivity contribution in [2.24, 2.45) is 0 Å². The smallest absolute Gasteiger partial charge is 0.241 e. The largest absolute Gasteiger partial charge is 0.412 e. The molecule has 0 aliphatic carbocycles. The lowest BCUT2D eigenvalue weighted by Crippen LogP contribution is -2.60. The van der Waals surface area contributed by atoms with Crippen molar-refractivity contribution in [3.63, 3.8) is 0 Å². The molecule has 0 amide bonds. The molecule has 0 saturated heterocycles. The van der Waals surface area contributed by atoms with E-state index in [1.54, 1.807) is 0 Å². The molecule has 0 radical (unpaired) electrons. The van der Waals surface area contributed by atoms with Gasteiger partial charge in [0.25, 0.3) is 0 Å². The summed E-state index contributed by atoms with van der Waals surface area (Å²) in [5.41, 5.74) is 2.14. The minimum Gasteiger partial charge on any atom is -0.412 e. The van der Waals surface area contributed by atoms with Gasteiger partial charge in [0.2, 0.25) is 10.0 Å². The van der Waals surface area contributed by atoms with E-state index in [1.807, 2.05) is 107 Å². The quantitative estimate of drug-likeness (QED) is 0.194. The number of benzene rings is 3. The highest BCUT2D eigenvalue weighted by atomic mass is 32.2. The van der Waals surface area contributed by atoms with Crippen molar-refractivity contribution < 1.29 is 18.0 Å². The van der Waals surface area contributed by atoms with Gasteiger partial charge >= 0.3 is 0 Å². The van der Waals surface area contributed by atoms with Crippen LogP contribution in [0.25, 0.3) is 0 Å². The van der Waals surface area contributed by atoms with E-state index >= 15 is 0 Å². The highest BCUT2D eigenvalue weighted by molar-refractivity contribution is 7.89. The third-order valence-corrected chi connectivity index (χ3v) is 15.4. The number of rotatable bonds is 12. The summed E-state index contributed by atoms with van der Waals surface area (Å²) in [5, 5.41) is 12.9. The Morgan fingerprint density at radius 1 is 0.727 bits per heavy atom. The molecule has 3 aromatic rings. The molecule has 0 heterocycles. The molecule has 0 aliphatic rings. The number of aliphatic hydroxyl groups is 1. The minimum atomic E-state index is -4.16. The van der Waals surface area contributed by atoms with Gasteiger partial charge in [0.1, 0.15) is 5.60 Å². The molecule has 3 rings (SSSR count). The van der Waals surface area contributed by atoms with Gasteiger partial charge in [-0.3, -0.25) is 0 Å². The standard InChI is InChI=1S/C37H55NO4SSi/c1-25(2)29-23-32(26(3)4)34(33(24-29)27(5)6)43(40,41)38-35(28(7)42-44(11,12)36(8,9)10)37(39,30-19-15-13-16-20-30)31-21-17-14-18-22-31/h13-28,35,38-39H,1-12H3/t28-,35+/m1/s1. The summed E-state index contributed by atoms with van der Waals surface area (Å²) in [5.74, 6) is 0.195. The second-order valence-corrected chi connectivity index (χ2v) is 21.1. The fraction of sp³-hybridized carbons (Fsp3) is 0.514. The number of hydrogen-bond donors (Lipinski definition) is 2. The van der Waals surface area contributed by atoms with Crippen LogP contribution in [0, 0.1) is 0 Å². The maximum atomic E-state index is 14.9. The predicted octanol–water partition coefficient (Wildman–Crippen LogP) is 9.05. The summed E-state index contributed by atoms with van der Waals surface area (Å²) in [6, 6.07) is 21.7. The molecule has 0 saturated carbocycles. The summed E-state index contributed by atoms with van der Waals surface area (Å²) in [4.78, 5) is 0.305. The summed E-state index contributed by atoms with van der Waals surface area (Å²) in [7, 11) is -6.55. The Labute approximate surface area is 268 Å². The Hall–Kier alpha value is -2.29. The maximum Gasteiger partial charge on any atom is 0.241 e. The Morgan fingerprint density at radius 2 is 1.14 bits per heavy atom. The molecule has 5 nitrogen and oxygen atoms in total. The van der Waals surface area contributed by atoms with Crippen LogP contribution in [0.5, 0.6) is 0 Å². The van der Waals surface area contributed by atoms with Gasteiger partial charge in [0.15, 0.2) is 8.32 Å². The van der Waals surface area contributed by atoms with Crippen molar-refractivity contribution >= 4 is 18.3 Å². The summed E-state index contributed by atoms with van der Waals surface area (Å²) in [6.07, 6.45) is -0.670. The van der Waals surface area contributed by atoms with E-state index in [9.17, 15) is 13.5 Å². The van der Waals surface area contributed by atoms with E-state index < -0.39 is 36.1 Å². The zero-order valence-corrected chi connectivity index (χ0v) is 30.7. The van der Waals surface area contributed by atoms with Gasteiger partial charge in [-0.25, -0.2) is 13.1 Å². The van der Waals surface area contributed by atoms with Crippen LogP contribution in [0.4, 0.5) is 0 Å². The van der Waals surface area contributed by atoms with Gasteiger partial charge in [0.05, 0.1) is 17.0 Å². The second kappa shape index (κ2) is 13.6. The highest BCUT2D eigenvalue weighted by Gasteiger charge is 2.49. The molecule has 0 bridgehead atoms. The van der Waals surface area contributed by atoms with Crippen LogP contribution >= 0.6 is 0 Å². The zero-order chi connectivity index (χ0) is 33.3. The van der Waals surface area contributed by atoms with Crippen molar-refractivity contribution in [2.45, 2.75) is 128 Å². The topological polar surface area (TPSA) is 75.6 Å². The van der Waals surface area contributed by atoms with E-state index in [2.05, 4.69) is 52.4 Å². The molecule has 0 fully saturated rings. The first-order valence-corrected chi connectivity index (χ1v) is 20.3. The van der Waals surface area contributed by atoms with Crippen molar-refractivity contribution in [1.29, 1.82) is 0 Å². The van der Waals surface area contributed by atoms with Crippen molar-refractivity contribution in [2.75, 3.05) is 0 Å². The van der Waals surface area contributed by atoms with E-state index in [4.69, 9.17) is 4.43 Å². The van der Waals surface area contributed by atoms with Crippen molar-refractivity contribution in [3.05, 3.63) is 101 Å². The molecular formula is C37H55NO4SSi. The van der Waals surface area contributed by atoms with Crippen LogP contribution in [0.2, 0.25) is 18.1 Å². The van der Waals surface area contributed by atoms with Crippen LogP contribution in [-0.4, -0.2) is 34.0 Å². The zero-order valence-electron chi connectivity index (χ0n) is 28.9. The lowest BCUT2D eigenvalue weighted by atomic mass is 9.78. The number of sulfonamides is 1. The average molecular weight is 638 g/mol. The summed E-state index contributed by atoms with van der Waals surface area (Å²) in [6.45, 7) is 25.1. The van der Waals surface area contributed by atoms with Crippen LogP contribution in [0.3, 0.4) is 0 Å². The molecule has 2 N–H and O–H groups in total. The molecule has 242 valence electrons. The Bertz CT molecular complexity index is 1420. The van der Waals surface area contributed by atoms with E-state index in [-0.39, 0.29) is 22.8 Å². The second-order valence-electron chi connectivity index (χ2n) is 14.7. The predicted molar refractivity (Wildman–Crippen MR) is 186 cm³/mol. The van der Waals surface area contributed by atoms with Gasteiger partial charge in [-0.2, -0.15) is 0 Å². The highest BCUT2D eigenvalue weighted by Crippen LogP contribution is 2.42. The summed E-state index contributed by atoms with van der Waals surface area (Å²) >= 11 is 0. The molecular weight excluding hydrogens is 583 g/mol. The van der Waals surface area contributed by atoms with E-state index in [0.717, 1.165) is 16.7 Å². The number of nitrogens with one attached hydrogen (secondary N) is 1. The van der Waals surface area contributed by atoms with Gasteiger partial charge in [0, 0.05) is 0 Å². The average Bonchev–Trinajstić information content (AvgIpc) is 2.94. The molecule has 0 unspecified atom stereocenters. The SMILES string of the molecule is CC(C)c1cc(C(C)C)c(S(=O)(=O)N[C@@H]([C@@H](C)O[Si](C)(C)C(C)(C)C)C(O)(c2ccccc2)c2ccccc2)c(C(C)C)c1. The lowest BCUT2D eigenvalue weighted by Gasteiger charge is -2.45. The van der Waals surface area contributed by atoms with Crippen LogP contribution < -0.4 is 4.72 Å². The molecule has 0 aliphatic heterocycles. The fourth-order valence-corrected chi connectivity index (χ4v) is 9.01. The van der Waals surface area contributed by atoms with Crippen LogP contribution in [-0.2, 0) is 20.1 Å². The Morgan fingerprint density at radius 3 is 1.48 bits per heavy atom. The van der Waals surface area contributed by atoms with E-state index in [1.165, 1.54) is 0 Å². The molecule has 0 spiro atoms. The van der Waals surface area contributed by atoms with Crippen LogP contribution in [0.15, 0.2) is 77.7 Å². The minimum absolute atomic E-state index is 0.0285. The normalized spacial score (nSPS) is 14.8. The summed E-state index contributed by atoms with van der Waals surface area (Å²) < 4.78 is 39.7. The lowest BCUT2D eigenvalue weighted by molar-refractivity contribution is -0.00270. The maximum absolute atomic E-state index is 14.9. The first-order valence-electron chi connectivity index (χ1n) is 15.9. The molecule has 7 heteroatoms. The van der Waals surface area contributed by atoms with Crippen molar-refractivity contribution in [3.8, 4) is 0 Å². The number of hydrogen-bond acceptors (Lipinski definition) is 4. The molecule has 44 heavy (non-hydrogen) atoms. The van der Waals surface area contributed by atoms with Gasteiger partial charge in [-0.1, -0.05) is 135 Å². The molecule has 3 aromatic carbocycles. The van der Waals surface area contributed by atoms with Crippen LogP contribution in [0.1, 0.15) is 115 Å². The third-order valence-electron chi connectivity index (χ3n) is 9.26. The van der Waals surface area contributed by atoms with Gasteiger partial charge in [-0.05, 0) is 70.6 Å².